The van der Waals surface area contributed by atoms with E-state index in [0.717, 1.165) is 11.3 Å². The van der Waals surface area contributed by atoms with Crippen molar-refractivity contribution >= 4 is 34.9 Å². The number of rotatable bonds is 3. The molecule has 0 unspecified atom stereocenters. The predicted octanol–water partition coefficient (Wildman–Crippen LogP) is 1.06. The molecule has 1 saturated heterocycles. The van der Waals surface area contributed by atoms with Gasteiger partial charge in [0.05, 0.1) is 13.5 Å². The number of amides is 1. The quantitative estimate of drug-likeness (QED) is 0.641. The average Bonchev–Trinajstić information content (AvgIpc) is 2.49. The van der Waals surface area contributed by atoms with Gasteiger partial charge in [-0.3, -0.25) is 9.59 Å². The molecule has 1 fully saturated rings. The summed E-state index contributed by atoms with van der Waals surface area (Å²) in [6.07, 6.45) is -0.0298. The van der Waals surface area contributed by atoms with E-state index >= 15 is 0 Å². The SMILES string of the molecule is COC(=O)C[C@H]1C(=O)NCCN1C(=S)Nc1cccc(C)c1. The smallest absolute Gasteiger partial charge is 0.308 e. The van der Waals surface area contributed by atoms with Crippen molar-refractivity contribution in [2.24, 2.45) is 0 Å². The maximum absolute atomic E-state index is 12.0. The molecule has 1 aliphatic rings. The second-order valence-electron chi connectivity index (χ2n) is 5.08. The van der Waals surface area contributed by atoms with Gasteiger partial charge in [0.2, 0.25) is 5.91 Å². The van der Waals surface area contributed by atoms with Crippen LogP contribution in [0.1, 0.15) is 12.0 Å². The molecular formula is C15H19N3O3S. The highest BCUT2D eigenvalue weighted by atomic mass is 32.1. The van der Waals surface area contributed by atoms with Crippen LogP contribution in [0.2, 0.25) is 0 Å². The highest BCUT2D eigenvalue weighted by Crippen LogP contribution is 2.15. The Bertz CT molecular complexity index is 591. The maximum atomic E-state index is 12.0. The lowest BCUT2D eigenvalue weighted by atomic mass is 10.1. The van der Waals surface area contributed by atoms with Gasteiger partial charge in [-0.25, -0.2) is 0 Å². The fraction of sp³-hybridized carbons (Fsp3) is 0.400. The molecule has 1 atom stereocenters. The van der Waals surface area contributed by atoms with Gasteiger partial charge in [-0.2, -0.15) is 0 Å². The van der Waals surface area contributed by atoms with Crippen LogP contribution in [0.5, 0.6) is 0 Å². The van der Waals surface area contributed by atoms with E-state index in [1.165, 1.54) is 7.11 Å². The molecule has 0 saturated carbocycles. The van der Waals surface area contributed by atoms with Crippen molar-refractivity contribution in [1.29, 1.82) is 0 Å². The minimum atomic E-state index is -0.647. The standard InChI is InChI=1S/C15H19N3O3S/c1-10-4-3-5-11(8-10)17-15(22)18-7-6-16-14(20)12(18)9-13(19)21-2/h3-5,8,12H,6-7,9H2,1-2H3,(H,16,20)(H,17,22)/t12-/m0/s1. The Labute approximate surface area is 134 Å². The Morgan fingerprint density at radius 2 is 2.32 bits per heavy atom. The number of hydrogen-bond acceptors (Lipinski definition) is 4. The Morgan fingerprint density at radius 3 is 3.00 bits per heavy atom. The number of anilines is 1. The van der Waals surface area contributed by atoms with E-state index in [4.69, 9.17) is 12.2 Å². The number of benzene rings is 1. The molecule has 1 heterocycles. The molecule has 7 heteroatoms. The maximum Gasteiger partial charge on any atom is 0.308 e. The van der Waals surface area contributed by atoms with Crippen molar-refractivity contribution < 1.29 is 14.3 Å². The summed E-state index contributed by atoms with van der Waals surface area (Å²) in [7, 11) is 1.30. The highest BCUT2D eigenvalue weighted by Gasteiger charge is 2.33. The lowest BCUT2D eigenvalue weighted by Crippen LogP contribution is -2.58. The molecule has 22 heavy (non-hydrogen) atoms. The van der Waals surface area contributed by atoms with Crippen LogP contribution < -0.4 is 10.6 Å². The molecule has 0 radical (unpaired) electrons. The molecule has 0 spiro atoms. The molecule has 6 nitrogen and oxygen atoms in total. The van der Waals surface area contributed by atoms with Crippen LogP contribution in [0.15, 0.2) is 24.3 Å². The normalized spacial score (nSPS) is 17.6. The Morgan fingerprint density at radius 1 is 1.55 bits per heavy atom. The summed E-state index contributed by atoms with van der Waals surface area (Å²) >= 11 is 5.40. The molecule has 2 rings (SSSR count). The zero-order valence-electron chi connectivity index (χ0n) is 12.6. The van der Waals surface area contributed by atoms with Gasteiger partial charge in [-0.1, -0.05) is 12.1 Å². The van der Waals surface area contributed by atoms with Gasteiger partial charge < -0.3 is 20.3 Å². The van der Waals surface area contributed by atoms with Crippen molar-refractivity contribution in [1.82, 2.24) is 10.2 Å². The largest absolute Gasteiger partial charge is 0.469 e. The Balaban J connectivity index is 2.10. The average molecular weight is 321 g/mol. The third kappa shape index (κ3) is 3.94. The second kappa shape index (κ2) is 7.22. The molecule has 1 aliphatic heterocycles. The molecule has 1 aromatic rings. The fourth-order valence-electron chi connectivity index (χ4n) is 2.32. The van der Waals surface area contributed by atoms with Crippen molar-refractivity contribution in [3.8, 4) is 0 Å². The minimum absolute atomic E-state index is 0.0298. The number of aryl methyl sites for hydroxylation is 1. The summed E-state index contributed by atoms with van der Waals surface area (Å²) in [6.45, 7) is 3.03. The van der Waals surface area contributed by atoms with E-state index < -0.39 is 12.0 Å². The number of piperazine rings is 1. The van der Waals surface area contributed by atoms with Crippen LogP contribution in [0.4, 0.5) is 5.69 Å². The summed E-state index contributed by atoms with van der Waals surface area (Å²) in [6, 6.07) is 7.13. The molecule has 2 N–H and O–H groups in total. The first kappa shape index (κ1) is 16.2. The summed E-state index contributed by atoms with van der Waals surface area (Å²) in [4.78, 5) is 25.3. The molecule has 118 valence electrons. The van der Waals surface area contributed by atoms with Crippen LogP contribution in [-0.2, 0) is 14.3 Å². The van der Waals surface area contributed by atoms with Crippen LogP contribution >= 0.6 is 12.2 Å². The molecule has 0 bridgehead atoms. The summed E-state index contributed by atoms with van der Waals surface area (Å²) in [5.74, 6) is -0.657. The highest BCUT2D eigenvalue weighted by molar-refractivity contribution is 7.80. The minimum Gasteiger partial charge on any atom is -0.469 e. The number of thiocarbonyl (C=S) groups is 1. The first-order chi connectivity index (χ1) is 10.5. The van der Waals surface area contributed by atoms with Crippen LogP contribution in [0.25, 0.3) is 0 Å². The number of nitrogens with zero attached hydrogens (tertiary/aromatic N) is 1. The lowest BCUT2D eigenvalue weighted by Gasteiger charge is -2.36. The van der Waals surface area contributed by atoms with Crippen molar-refractivity contribution in [3.05, 3.63) is 29.8 Å². The number of nitrogens with one attached hydrogen (secondary N) is 2. The van der Waals surface area contributed by atoms with Crippen molar-refractivity contribution in [3.63, 3.8) is 0 Å². The third-order valence-corrected chi connectivity index (χ3v) is 3.79. The van der Waals surface area contributed by atoms with Crippen LogP contribution in [0, 0.1) is 6.92 Å². The third-order valence-electron chi connectivity index (χ3n) is 3.45. The zero-order valence-corrected chi connectivity index (χ0v) is 13.4. The Hall–Kier alpha value is -2.15. The lowest BCUT2D eigenvalue weighted by molar-refractivity contribution is -0.144. The van der Waals surface area contributed by atoms with Gasteiger partial charge in [0.1, 0.15) is 6.04 Å². The number of carbonyl (C=O) groups excluding carboxylic acids is 2. The van der Waals surface area contributed by atoms with E-state index in [9.17, 15) is 9.59 Å². The van der Waals surface area contributed by atoms with Gasteiger partial charge in [-0.15, -0.1) is 0 Å². The van der Waals surface area contributed by atoms with E-state index in [1.807, 2.05) is 31.2 Å². The molecular weight excluding hydrogens is 302 g/mol. The summed E-state index contributed by atoms with van der Waals surface area (Å²) in [5, 5.41) is 6.29. The number of hydrogen-bond donors (Lipinski definition) is 2. The first-order valence-electron chi connectivity index (χ1n) is 7.00. The van der Waals surface area contributed by atoms with Gasteiger partial charge in [-0.05, 0) is 36.8 Å². The van der Waals surface area contributed by atoms with Gasteiger partial charge in [0, 0.05) is 18.8 Å². The van der Waals surface area contributed by atoms with Gasteiger partial charge in [0.25, 0.3) is 0 Å². The molecule has 0 aromatic heterocycles. The van der Waals surface area contributed by atoms with Crippen molar-refractivity contribution in [2.45, 2.75) is 19.4 Å². The fourth-order valence-corrected chi connectivity index (χ4v) is 2.66. The topological polar surface area (TPSA) is 70.7 Å². The summed E-state index contributed by atoms with van der Waals surface area (Å²) < 4.78 is 4.65. The second-order valence-corrected chi connectivity index (χ2v) is 5.47. The number of methoxy groups -OCH3 is 1. The first-order valence-corrected chi connectivity index (χ1v) is 7.41. The molecule has 1 amide bonds. The van der Waals surface area contributed by atoms with E-state index in [2.05, 4.69) is 15.4 Å². The van der Waals surface area contributed by atoms with Crippen LogP contribution in [0.3, 0.4) is 0 Å². The number of esters is 1. The number of carbonyl (C=O) groups is 2. The monoisotopic (exact) mass is 321 g/mol. The van der Waals surface area contributed by atoms with E-state index in [1.54, 1.807) is 4.90 Å². The molecule has 0 aliphatic carbocycles. The zero-order chi connectivity index (χ0) is 16.1. The Kier molecular flexibility index (Phi) is 5.32. The summed E-state index contributed by atoms with van der Waals surface area (Å²) in [5.41, 5.74) is 1.96. The van der Waals surface area contributed by atoms with Gasteiger partial charge in [0.15, 0.2) is 5.11 Å². The van der Waals surface area contributed by atoms with E-state index in [0.29, 0.717) is 18.2 Å². The van der Waals surface area contributed by atoms with E-state index in [-0.39, 0.29) is 12.3 Å². The van der Waals surface area contributed by atoms with Gasteiger partial charge >= 0.3 is 5.97 Å². The molecule has 1 aromatic carbocycles. The van der Waals surface area contributed by atoms with Crippen LogP contribution in [-0.4, -0.2) is 48.1 Å². The number of ether oxygens (including phenoxy) is 1. The predicted molar refractivity (Wildman–Crippen MR) is 87.5 cm³/mol. The van der Waals surface area contributed by atoms with Crippen molar-refractivity contribution in [2.75, 3.05) is 25.5 Å².